The van der Waals surface area contributed by atoms with E-state index < -0.39 is 0 Å². The fraction of sp³-hybridized carbons (Fsp3) is 0.368. The maximum atomic E-state index is 13.9. The summed E-state index contributed by atoms with van der Waals surface area (Å²) in [5.74, 6) is 1.15. The van der Waals surface area contributed by atoms with Crippen LogP contribution in [0.5, 0.6) is 5.75 Å². The normalized spacial score (nSPS) is 15.2. The molecular formula is C19H24FN5O2. The maximum Gasteiger partial charge on any atom is 0.223 e. The molecule has 27 heavy (non-hydrogen) atoms. The molecule has 0 spiro atoms. The van der Waals surface area contributed by atoms with Crippen molar-refractivity contribution in [1.29, 1.82) is 0 Å². The molecule has 0 bridgehead atoms. The Balaban J connectivity index is 1.65. The molecule has 2 heterocycles. The lowest BCUT2D eigenvalue weighted by atomic mass is 10.3. The van der Waals surface area contributed by atoms with E-state index in [1.54, 1.807) is 12.3 Å². The van der Waals surface area contributed by atoms with Crippen molar-refractivity contribution in [2.75, 3.05) is 31.1 Å². The van der Waals surface area contributed by atoms with Gasteiger partial charge in [0.2, 0.25) is 5.96 Å². The maximum absolute atomic E-state index is 13.9. The summed E-state index contributed by atoms with van der Waals surface area (Å²) in [6.45, 7) is 6.26. The van der Waals surface area contributed by atoms with Crippen LogP contribution in [0.2, 0.25) is 0 Å². The van der Waals surface area contributed by atoms with E-state index in [2.05, 4.69) is 15.5 Å². The minimum Gasteiger partial charge on any atom is -0.491 e. The Bertz CT molecular complexity index is 774. The van der Waals surface area contributed by atoms with Crippen molar-refractivity contribution < 1.29 is 14.3 Å². The summed E-state index contributed by atoms with van der Waals surface area (Å²) in [5, 5.41) is 9.51. The Morgan fingerprint density at radius 1 is 1.19 bits per heavy atom. The van der Waals surface area contributed by atoms with Gasteiger partial charge in [-0.3, -0.25) is 5.21 Å². The van der Waals surface area contributed by atoms with Crippen molar-refractivity contribution in [2.24, 2.45) is 4.99 Å². The first-order valence-corrected chi connectivity index (χ1v) is 8.92. The minimum atomic E-state index is -0.330. The van der Waals surface area contributed by atoms with Crippen LogP contribution in [0.25, 0.3) is 0 Å². The number of aliphatic imine (C=N–C) groups is 1. The van der Waals surface area contributed by atoms with Crippen molar-refractivity contribution in [2.45, 2.75) is 20.0 Å². The Labute approximate surface area is 158 Å². The Hall–Kier alpha value is -2.87. The van der Waals surface area contributed by atoms with Gasteiger partial charge < -0.3 is 14.5 Å². The molecule has 0 radical (unpaired) electrons. The summed E-state index contributed by atoms with van der Waals surface area (Å²) in [5.41, 5.74) is 2.86. The van der Waals surface area contributed by atoms with Gasteiger partial charge in [-0.2, -0.15) is 0 Å². The van der Waals surface area contributed by atoms with E-state index >= 15 is 0 Å². The summed E-state index contributed by atoms with van der Waals surface area (Å²) in [6.07, 6.45) is 1.69. The molecule has 3 rings (SSSR count). The number of hydrogen-bond acceptors (Lipinski definition) is 5. The summed E-state index contributed by atoms with van der Waals surface area (Å²) in [4.78, 5) is 12.4. The number of nitrogens with one attached hydrogen (secondary N) is 1. The van der Waals surface area contributed by atoms with Gasteiger partial charge in [0, 0.05) is 32.4 Å². The van der Waals surface area contributed by atoms with Gasteiger partial charge >= 0.3 is 0 Å². The second-order valence-electron chi connectivity index (χ2n) is 6.49. The average Bonchev–Trinajstić information content (AvgIpc) is 2.68. The molecule has 144 valence electrons. The Morgan fingerprint density at radius 3 is 2.48 bits per heavy atom. The average molecular weight is 373 g/mol. The Kier molecular flexibility index (Phi) is 6.08. The molecule has 2 aromatic rings. The van der Waals surface area contributed by atoms with Gasteiger partial charge in [0.05, 0.1) is 11.8 Å². The number of hydroxylamine groups is 1. The summed E-state index contributed by atoms with van der Waals surface area (Å²) in [6, 6.07) is 10.3. The van der Waals surface area contributed by atoms with Crippen molar-refractivity contribution >= 4 is 17.5 Å². The van der Waals surface area contributed by atoms with Crippen molar-refractivity contribution in [3.8, 4) is 5.75 Å². The smallest absolute Gasteiger partial charge is 0.223 e. The third kappa shape index (κ3) is 4.85. The molecule has 1 saturated heterocycles. The number of aromatic nitrogens is 1. The molecule has 0 atom stereocenters. The molecular weight excluding hydrogens is 349 g/mol. The number of nitrogens with zero attached hydrogens (tertiary/aromatic N) is 4. The number of halogens is 1. The number of pyridine rings is 1. The fourth-order valence-corrected chi connectivity index (χ4v) is 2.90. The van der Waals surface area contributed by atoms with E-state index in [4.69, 9.17) is 4.74 Å². The molecule has 8 heteroatoms. The number of hydrogen-bond donors (Lipinski definition) is 2. The zero-order valence-electron chi connectivity index (χ0n) is 15.5. The van der Waals surface area contributed by atoms with E-state index in [0.29, 0.717) is 43.6 Å². The monoisotopic (exact) mass is 373 g/mol. The highest BCUT2D eigenvalue weighted by molar-refractivity contribution is 5.82. The highest BCUT2D eigenvalue weighted by Gasteiger charge is 2.22. The van der Waals surface area contributed by atoms with Gasteiger partial charge in [-0.15, -0.1) is 0 Å². The molecule has 0 amide bonds. The summed E-state index contributed by atoms with van der Waals surface area (Å²) in [7, 11) is 0. The van der Waals surface area contributed by atoms with Gasteiger partial charge in [-0.1, -0.05) is 0 Å². The topological polar surface area (TPSA) is 73.2 Å². The SMILES string of the molecule is CC(C)Oc1ccc(N=C(NO)N2CCN(c3ncccc3F)CC2)cc1. The molecule has 0 saturated carbocycles. The molecule has 1 fully saturated rings. The second-order valence-corrected chi connectivity index (χ2v) is 6.49. The van der Waals surface area contributed by atoms with Crippen LogP contribution in [0.4, 0.5) is 15.9 Å². The standard InChI is InChI=1S/C19H24FN5O2/c1-14(2)27-16-7-5-15(6-8-16)22-19(23-26)25-12-10-24(11-13-25)18-17(20)4-3-9-21-18/h3-9,14,26H,10-13H2,1-2H3,(H,22,23). The van der Waals surface area contributed by atoms with Gasteiger partial charge in [0.1, 0.15) is 5.75 Å². The molecule has 0 unspecified atom stereocenters. The largest absolute Gasteiger partial charge is 0.491 e. The lowest BCUT2D eigenvalue weighted by Crippen LogP contribution is -2.52. The quantitative estimate of drug-likeness (QED) is 0.488. The minimum absolute atomic E-state index is 0.106. The lowest BCUT2D eigenvalue weighted by molar-refractivity contribution is 0.207. The first kappa shape index (κ1) is 18.9. The molecule has 1 aromatic heterocycles. The number of anilines is 1. The highest BCUT2D eigenvalue weighted by atomic mass is 19.1. The first-order valence-electron chi connectivity index (χ1n) is 8.92. The number of piperazine rings is 1. The van der Waals surface area contributed by atoms with Gasteiger partial charge in [-0.05, 0) is 50.2 Å². The summed E-state index contributed by atoms with van der Waals surface area (Å²) >= 11 is 0. The van der Waals surface area contributed by atoms with Crippen LogP contribution in [0.15, 0.2) is 47.6 Å². The van der Waals surface area contributed by atoms with E-state index in [-0.39, 0.29) is 11.9 Å². The predicted molar refractivity (Wildman–Crippen MR) is 102 cm³/mol. The zero-order valence-corrected chi connectivity index (χ0v) is 15.5. The van der Waals surface area contributed by atoms with Crippen LogP contribution in [0.1, 0.15) is 13.8 Å². The number of rotatable bonds is 4. The van der Waals surface area contributed by atoms with Gasteiger partial charge in [-0.25, -0.2) is 19.8 Å². The van der Waals surface area contributed by atoms with Crippen LogP contribution in [-0.4, -0.2) is 53.3 Å². The van der Waals surface area contributed by atoms with Crippen LogP contribution in [-0.2, 0) is 0 Å². The van der Waals surface area contributed by atoms with E-state index in [9.17, 15) is 9.60 Å². The van der Waals surface area contributed by atoms with Crippen molar-refractivity contribution in [3.05, 3.63) is 48.4 Å². The number of ether oxygens (including phenoxy) is 1. The van der Waals surface area contributed by atoms with Gasteiger partial charge in [0.25, 0.3) is 0 Å². The summed E-state index contributed by atoms with van der Waals surface area (Å²) < 4.78 is 19.5. The molecule has 7 nitrogen and oxygen atoms in total. The number of guanidine groups is 1. The van der Waals surface area contributed by atoms with Gasteiger partial charge in [0.15, 0.2) is 11.6 Å². The van der Waals surface area contributed by atoms with E-state index in [0.717, 1.165) is 5.75 Å². The molecule has 1 aliphatic rings. The zero-order chi connectivity index (χ0) is 19.2. The van der Waals surface area contributed by atoms with Crippen molar-refractivity contribution in [1.82, 2.24) is 15.4 Å². The van der Waals surface area contributed by atoms with Crippen LogP contribution in [0.3, 0.4) is 0 Å². The molecule has 1 aliphatic heterocycles. The fourth-order valence-electron chi connectivity index (χ4n) is 2.90. The van der Waals surface area contributed by atoms with Crippen LogP contribution in [0, 0.1) is 5.82 Å². The lowest BCUT2D eigenvalue weighted by Gasteiger charge is -2.36. The second kappa shape index (κ2) is 8.68. The van der Waals surface area contributed by atoms with Crippen LogP contribution < -0.4 is 15.1 Å². The third-order valence-electron chi connectivity index (χ3n) is 4.16. The van der Waals surface area contributed by atoms with E-state index in [1.165, 1.54) is 6.07 Å². The Morgan fingerprint density at radius 2 is 1.89 bits per heavy atom. The first-order chi connectivity index (χ1) is 13.1. The van der Waals surface area contributed by atoms with Crippen molar-refractivity contribution in [3.63, 3.8) is 0 Å². The molecule has 0 aliphatic carbocycles. The van der Waals surface area contributed by atoms with Crippen LogP contribution >= 0.6 is 0 Å². The molecule has 2 N–H and O–H groups in total. The third-order valence-corrected chi connectivity index (χ3v) is 4.16. The predicted octanol–water partition coefficient (Wildman–Crippen LogP) is 2.80. The van der Waals surface area contributed by atoms with E-state index in [1.807, 2.05) is 47.9 Å². The number of benzene rings is 1. The highest BCUT2D eigenvalue weighted by Crippen LogP contribution is 2.21. The molecule has 1 aromatic carbocycles.